The van der Waals surface area contributed by atoms with Gasteiger partial charge in [-0.2, -0.15) is 0 Å². The van der Waals surface area contributed by atoms with Crippen molar-refractivity contribution in [1.82, 2.24) is 4.90 Å². The second kappa shape index (κ2) is 4.49. The first-order valence-electron chi connectivity index (χ1n) is 5.34. The van der Waals surface area contributed by atoms with Crippen molar-refractivity contribution in [3.05, 3.63) is 48.2 Å². The number of rotatable bonds is 2. The Balaban J connectivity index is 2.22. The predicted octanol–water partition coefficient (Wildman–Crippen LogP) is 2.59. The maximum Gasteiger partial charge on any atom is 0.0774 e. The zero-order valence-corrected chi connectivity index (χ0v) is 9.15. The zero-order chi connectivity index (χ0) is 10.7. The van der Waals surface area contributed by atoms with Crippen molar-refractivity contribution in [3.63, 3.8) is 0 Å². The summed E-state index contributed by atoms with van der Waals surface area (Å²) < 4.78 is 5.53. The standard InChI is InChI=1S/C13H17NO/c1-11(2)14-8-9-15-10-13(14)12-6-4-3-5-7-12/h3-7,13H,1,8-10H2,2H3. The number of allylic oxidation sites excluding steroid dienone is 1. The highest BCUT2D eigenvalue weighted by molar-refractivity contribution is 5.21. The van der Waals surface area contributed by atoms with Gasteiger partial charge in [-0.15, -0.1) is 0 Å². The average Bonchev–Trinajstić information content (AvgIpc) is 2.30. The van der Waals surface area contributed by atoms with Crippen molar-refractivity contribution in [3.8, 4) is 0 Å². The molecule has 2 heteroatoms. The van der Waals surface area contributed by atoms with Crippen molar-refractivity contribution >= 4 is 0 Å². The second-order valence-electron chi connectivity index (χ2n) is 3.93. The lowest BCUT2D eigenvalue weighted by Crippen LogP contribution is -2.37. The minimum Gasteiger partial charge on any atom is -0.377 e. The predicted molar refractivity (Wildman–Crippen MR) is 61.5 cm³/mol. The van der Waals surface area contributed by atoms with Gasteiger partial charge in [0.05, 0.1) is 19.3 Å². The van der Waals surface area contributed by atoms with Crippen LogP contribution in [0.1, 0.15) is 18.5 Å². The molecule has 0 aliphatic carbocycles. The number of benzene rings is 1. The molecule has 1 heterocycles. The molecule has 2 nitrogen and oxygen atoms in total. The molecule has 0 saturated carbocycles. The maximum absolute atomic E-state index is 5.53. The molecular formula is C13H17NO. The number of morpholine rings is 1. The van der Waals surface area contributed by atoms with Gasteiger partial charge in [-0.25, -0.2) is 0 Å². The summed E-state index contributed by atoms with van der Waals surface area (Å²) in [6, 6.07) is 10.8. The first-order chi connectivity index (χ1) is 7.29. The van der Waals surface area contributed by atoms with Gasteiger partial charge < -0.3 is 9.64 Å². The lowest BCUT2D eigenvalue weighted by atomic mass is 10.0. The van der Waals surface area contributed by atoms with E-state index in [0.717, 1.165) is 25.5 Å². The summed E-state index contributed by atoms with van der Waals surface area (Å²) in [6.45, 7) is 8.58. The number of hydrogen-bond acceptors (Lipinski definition) is 2. The molecule has 0 N–H and O–H groups in total. The van der Waals surface area contributed by atoms with E-state index in [-0.39, 0.29) is 0 Å². The molecule has 1 unspecified atom stereocenters. The highest BCUT2D eigenvalue weighted by Crippen LogP contribution is 2.26. The third kappa shape index (κ3) is 2.21. The van der Waals surface area contributed by atoms with Gasteiger partial charge in [0.1, 0.15) is 0 Å². The average molecular weight is 203 g/mol. The van der Waals surface area contributed by atoms with Gasteiger partial charge in [0.2, 0.25) is 0 Å². The molecule has 15 heavy (non-hydrogen) atoms. The summed E-state index contributed by atoms with van der Waals surface area (Å²) in [5.74, 6) is 0. The van der Waals surface area contributed by atoms with Crippen molar-refractivity contribution in [2.45, 2.75) is 13.0 Å². The van der Waals surface area contributed by atoms with Crippen LogP contribution in [0.5, 0.6) is 0 Å². The fourth-order valence-corrected chi connectivity index (χ4v) is 2.01. The van der Waals surface area contributed by atoms with E-state index in [0.29, 0.717) is 6.04 Å². The van der Waals surface area contributed by atoms with Gasteiger partial charge >= 0.3 is 0 Å². The summed E-state index contributed by atoms with van der Waals surface area (Å²) in [6.07, 6.45) is 0. The largest absolute Gasteiger partial charge is 0.377 e. The third-order valence-electron chi connectivity index (χ3n) is 2.80. The van der Waals surface area contributed by atoms with Crippen molar-refractivity contribution in [2.75, 3.05) is 19.8 Å². The summed E-state index contributed by atoms with van der Waals surface area (Å²) in [5, 5.41) is 0. The Morgan fingerprint density at radius 2 is 2.13 bits per heavy atom. The minimum atomic E-state index is 0.331. The van der Waals surface area contributed by atoms with Crippen molar-refractivity contribution < 1.29 is 4.74 Å². The highest BCUT2D eigenvalue weighted by atomic mass is 16.5. The van der Waals surface area contributed by atoms with Crippen molar-refractivity contribution in [2.24, 2.45) is 0 Å². The van der Waals surface area contributed by atoms with E-state index in [9.17, 15) is 0 Å². The van der Waals surface area contributed by atoms with Gasteiger partial charge in [0, 0.05) is 12.2 Å². The lowest BCUT2D eigenvalue weighted by molar-refractivity contribution is 0.00942. The quantitative estimate of drug-likeness (QED) is 0.732. The van der Waals surface area contributed by atoms with E-state index < -0.39 is 0 Å². The van der Waals surface area contributed by atoms with Crippen LogP contribution in [0.3, 0.4) is 0 Å². The molecule has 80 valence electrons. The SMILES string of the molecule is C=C(C)N1CCOCC1c1ccccc1. The van der Waals surface area contributed by atoms with Crippen LogP contribution >= 0.6 is 0 Å². The van der Waals surface area contributed by atoms with Crippen LogP contribution in [-0.2, 0) is 4.74 Å². The highest BCUT2D eigenvalue weighted by Gasteiger charge is 2.23. The zero-order valence-electron chi connectivity index (χ0n) is 9.15. The molecule has 2 rings (SSSR count). The summed E-state index contributed by atoms with van der Waals surface area (Å²) in [4.78, 5) is 2.32. The van der Waals surface area contributed by atoms with Gasteiger partial charge in [-0.3, -0.25) is 0 Å². The van der Waals surface area contributed by atoms with Crippen LogP contribution in [0.15, 0.2) is 42.6 Å². The molecule has 1 fully saturated rings. The fourth-order valence-electron chi connectivity index (χ4n) is 2.01. The van der Waals surface area contributed by atoms with E-state index in [1.165, 1.54) is 5.56 Å². The molecule has 0 spiro atoms. The first kappa shape index (κ1) is 10.2. The topological polar surface area (TPSA) is 12.5 Å². The first-order valence-corrected chi connectivity index (χ1v) is 5.34. The number of hydrogen-bond donors (Lipinski definition) is 0. The number of nitrogens with zero attached hydrogens (tertiary/aromatic N) is 1. The molecule has 0 amide bonds. The van der Waals surface area contributed by atoms with Crippen LogP contribution in [-0.4, -0.2) is 24.7 Å². The molecule has 1 aliphatic rings. The second-order valence-corrected chi connectivity index (χ2v) is 3.93. The molecule has 1 aliphatic heterocycles. The van der Waals surface area contributed by atoms with Crippen molar-refractivity contribution in [1.29, 1.82) is 0 Å². The Bertz CT molecular complexity index is 334. The Morgan fingerprint density at radius 3 is 2.80 bits per heavy atom. The Labute approximate surface area is 91.2 Å². The normalized spacial score (nSPS) is 21.4. The van der Waals surface area contributed by atoms with E-state index in [1.54, 1.807) is 0 Å². The van der Waals surface area contributed by atoms with E-state index >= 15 is 0 Å². The van der Waals surface area contributed by atoms with Crippen LogP contribution in [0.4, 0.5) is 0 Å². The van der Waals surface area contributed by atoms with Crippen LogP contribution in [0, 0.1) is 0 Å². The molecular weight excluding hydrogens is 186 g/mol. The van der Waals surface area contributed by atoms with Crippen LogP contribution in [0.2, 0.25) is 0 Å². The smallest absolute Gasteiger partial charge is 0.0774 e. The molecule has 0 radical (unpaired) electrons. The van der Waals surface area contributed by atoms with Gasteiger partial charge in [0.25, 0.3) is 0 Å². The molecule has 0 aromatic heterocycles. The van der Waals surface area contributed by atoms with Gasteiger partial charge in [0.15, 0.2) is 0 Å². The van der Waals surface area contributed by atoms with Gasteiger partial charge in [-0.05, 0) is 12.5 Å². The van der Waals surface area contributed by atoms with Crippen LogP contribution in [0.25, 0.3) is 0 Å². The third-order valence-corrected chi connectivity index (χ3v) is 2.80. The fraction of sp³-hybridized carbons (Fsp3) is 0.385. The molecule has 1 saturated heterocycles. The summed E-state index contributed by atoms with van der Waals surface area (Å²) >= 11 is 0. The van der Waals surface area contributed by atoms with Crippen LogP contribution < -0.4 is 0 Å². The Hall–Kier alpha value is -1.28. The van der Waals surface area contributed by atoms with Gasteiger partial charge in [-0.1, -0.05) is 36.9 Å². The monoisotopic (exact) mass is 203 g/mol. The summed E-state index contributed by atoms with van der Waals surface area (Å²) in [7, 11) is 0. The Kier molecular flexibility index (Phi) is 3.07. The summed E-state index contributed by atoms with van der Waals surface area (Å²) in [5.41, 5.74) is 2.42. The minimum absolute atomic E-state index is 0.331. The maximum atomic E-state index is 5.53. The Morgan fingerprint density at radius 1 is 1.40 bits per heavy atom. The van der Waals surface area contributed by atoms with E-state index in [4.69, 9.17) is 4.74 Å². The lowest BCUT2D eigenvalue weighted by Gasteiger charge is -2.37. The molecule has 0 bridgehead atoms. The molecule has 1 atom stereocenters. The van der Waals surface area contributed by atoms with E-state index in [2.05, 4.69) is 42.7 Å². The molecule has 1 aromatic carbocycles. The number of ether oxygens (including phenoxy) is 1. The molecule has 1 aromatic rings. The van der Waals surface area contributed by atoms with E-state index in [1.807, 2.05) is 6.07 Å².